The highest BCUT2D eigenvalue weighted by Gasteiger charge is 2.22. The second-order valence-electron chi connectivity index (χ2n) is 7.19. The largest absolute Gasteiger partial charge is 0.482 e. The summed E-state index contributed by atoms with van der Waals surface area (Å²) in [5.41, 5.74) is 0.883. The van der Waals surface area contributed by atoms with Crippen LogP contribution in [0.4, 0.5) is 5.13 Å². The van der Waals surface area contributed by atoms with Gasteiger partial charge in [0.25, 0.3) is 5.91 Å². The minimum absolute atomic E-state index is 0. The third-order valence-electron chi connectivity index (χ3n) is 5.10. The van der Waals surface area contributed by atoms with E-state index in [1.54, 1.807) is 34.9 Å². The van der Waals surface area contributed by atoms with Crippen molar-refractivity contribution in [3.63, 3.8) is 0 Å². The van der Waals surface area contributed by atoms with Gasteiger partial charge in [-0.2, -0.15) is 0 Å². The first-order valence-electron chi connectivity index (χ1n) is 10.2. The van der Waals surface area contributed by atoms with Crippen molar-refractivity contribution in [2.24, 2.45) is 0 Å². The minimum atomic E-state index is -0.173. The molecular weight excluding hydrogens is 525 g/mol. The van der Waals surface area contributed by atoms with Gasteiger partial charge in [0, 0.05) is 36.1 Å². The maximum atomic E-state index is 13.2. The Kier molecular flexibility index (Phi) is 9.94. The van der Waals surface area contributed by atoms with Crippen LogP contribution in [0.5, 0.6) is 5.75 Å². The summed E-state index contributed by atoms with van der Waals surface area (Å²) in [6, 6.07) is 11.1. The molecule has 0 N–H and O–H groups in total. The molecule has 0 radical (unpaired) electrons. The third kappa shape index (κ3) is 6.88. The lowest BCUT2D eigenvalue weighted by molar-refractivity contribution is -0.120. The van der Waals surface area contributed by atoms with Gasteiger partial charge in [0.1, 0.15) is 5.75 Å². The molecule has 0 spiro atoms. The number of anilines is 1. The molecule has 0 saturated carbocycles. The topological polar surface area (TPSA) is 54.9 Å². The molecule has 178 valence electrons. The van der Waals surface area contributed by atoms with Gasteiger partial charge < -0.3 is 9.47 Å². The molecule has 1 aromatic heterocycles. The molecule has 0 unspecified atom stereocenters. The van der Waals surface area contributed by atoms with E-state index in [1.165, 1.54) is 16.2 Å². The van der Waals surface area contributed by atoms with Crippen LogP contribution in [-0.2, 0) is 9.53 Å². The van der Waals surface area contributed by atoms with E-state index in [9.17, 15) is 4.79 Å². The molecule has 33 heavy (non-hydrogen) atoms. The molecule has 6 nitrogen and oxygen atoms in total. The van der Waals surface area contributed by atoms with E-state index in [0.717, 1.165) is 29.9 Å². The number of thiazole rings is 1. The predicted molar refractivity (Wildman–Crippen MR) is 140 cm³/mol. The summed E-state index contributed by atoms with van der Waals surface area (Å²) in [6.07, 6.45) is 2.04. The van der Waals surface area contributed by atoms with E-state index in [4.69, 9.17) is 37.7 Å². The Bertz CT molecular complexity index is 1090. The molecule has 0 atom stereocenters. The van der Waals surface area contributed by atoms with Crippen molar-refractivity contribution in [2.75, 3.05) is 57.2 Å². The number of carbonyl (C=O) groups excluding carboxylic acids is 1. The number of nitrogens with zero attached hydrogens (tertiary/aromatic N) is 3. The van der Waals surface area contributed by atoms with Crippen molar-refractivity contribution >= 4 is 80.0 Å². The van der Waals surface area contributed by atoms with Gasteiger partial charge in [-0.05, 0) is 42.7 Å². The highest BCUT2D eigenvalue weighted by atomic mass is 35.5. The monoisotopic (exact) mass is 547 g/mol. The van der Waals surface area contributed by atoms with E-state index in [0.29, 0.717) is 40.7 Å². The van der Waals surface area contributed by atoms with Crippen LogP contribution >= 0.6 is 58.7 Å². The summed E-state index contributed by atoms with van der Waals surface area (Å²) in [4.78, 5) is 23.1. The first-order chi connectivity index (χ1) is 15.5. The summed E-state index contributed by atoms with van der Waals surface area (Å²) >= 11 is 15.3. The zero-order valence-corrected chi connectivity index (χ0v) is 21.9. The number of amides is 1. The number of aromatic nitrogens is 1. The van der Waals surface area contributed by atoms with Crippen LogP contribution in [-0.4, -0.2) is 68.0 Å². The molecule has 11 heteroatoms. The van der Waals surface area contributed by atoms with E-state index >= 15 is 0 Å². The number of thioether (sulfide) groups is 1. The predicted octanol–water partition coefficient (Wildman–Crippen LogP) is 5.49. The van der Waals surface area contributed by atoms with E-state index in [-0.39, 0.29) is 24.9 Å². The first-order valence-corrected chi connectivity index (χ1v) is 13.0. The summed E-state index contributed by atoms with van der Waals surface area (Å²) in [7, 11) is 0. The number of rotatable bonds is 8. The van der Waals surface area contributed by atoms with E-state index in [1.807, 2.05) is 18.4 Å². The average molecular weight is 549 g/mol. The van der Waals surface area contributed by atoms with Crippen LogP contribution in [0.3, 0.4) is 0 Å². The Balaban J connectivity index is 0.00000306. The van der Waals surface area contributed by atoms with Gasteiger partial charge in [-0.25, -0.2) is 4.98 Å². The molecule has 4 rings (SSSR count). The molecule has 2 aromatic carbocycles. The van der Waals surface area contributed by atoms with Gasteiger partial charge in [0.2, 0.25) is 0 Å². The number of fused-ring (bicyclic) bond motifs is 1. The Hall–Kier alpha value is -1.26. The maximum absolute atomic E-state index is 13.2. The molecule has 2 heterocycles. The Morgan fingerprint density at radius 3 is 2.76 bits per heavy atom. The molecular formula is C22H24Cl3N3O3S2. The van der Waals surface area contributed by atoms with Crippen molar-refractivity contribution in [1.29, 1.82) is 0 Å². The molecule has 1 amide bonds. The third-order valence-corrected chi connectivity index (χ3v) is 7.40. The van der Waals surface area contributed by atoms with Crippen molar-refractivity contribution in [2.45, 2.75) is 4.90 Å². The molecule has 1 aliphatic rings. The number of benzene rings is 2. The van der Waals surface area contributed by atoms with Crippen molar-refractivity contribution in [1.82, 2.24) is 9.88 Å². The van der Waals surface area contributed by atoms with E-state index in [2.05, 4.69) is 11.0 Å². The number of hydrogen-bond donors (Lipinski definition) is 0. The van der Waals surface area contributed by atoms with Crippen LogP contribution in [0.2, 0.25) is 10.0 Å². The number of hydrogen-bond acceptors (Lipinski definition) is 7. The number of halogens is 3. The second kappa shape index (κ2) is 12.4. The standard InChI is InChI=1S/C22H23Cl2N3O3S2.ClH/c1-31-16-3-4-18-20(13-16)32-22(25-18)27(7-6-26-8-10-29-11-9-26)21(28)14-30-19-5-2-15(23)12-17(19)24;/h2-5,12-13H,6-11,14H2,1H3;1H. The van der Waals surface area contributed by atoms with Crippen LogP contribution in [0.25, 0.3) is 10.2 Å². The summed E-state index contributed by atoms with van der Waals surface area (Å²) in [6.45, 7) is 4.26. The number of morpholine rings is 1. The zero-order chi connectivity index (χ0) is 22.5. The normalized spacial score (nSPS) is 14.2. The number of carbonyl (C=O) groups is 1. The molecule has 1 aliphatic heterocycles. The summed E-state index contributed by atoms with van der Waals surface area (Å²) in [5.74, 6) is 0.250. The average Bonchev–Trinajstić information content (AvgIpc) is 3.22. The highest BCUT2D eigenvalue weighted by Crippen LogP contribution is 2.32. The molecule has 1 fully saturated rings. The van der Waals surface area contributed by atoms with Gasteiger partial charge >= 0.3 is 0 Å². The highest BCUT2D eigenvalue weighted by molar-refractivity contribution is 7.98. The quantitative estimate of drug-likeness (QED) is 0.347. The van der Waals surface area contributed by atoms with Gasteiger partial charge in [-0.15, -0.1) is 24.2 Å². The van der Waals surface area contributed by atoms with Gasteiger partial charge in [0.05, 0.1) is 28.5 Å². The van der Waals surface area contributed by atoms with Crippen LogP contribution < -0.4 is 9.64 Å². The Labute approximate surface area is 217 Å². The lowest BCUT2D eigenvalue weighted by atomic mass is 10.3. The SMILES string of the molecule is CSc1ccc2nc(N(CCN3CCOCC3)C(=O)COc3ccc(Cl)cc3Cl)sc2c1.Cl. The fourth-order valence-electron chi connectivity index (χ4n) is 3.34. The maximum Gasteiger partial charge on any atom is 0.266 e. The molecule has 0 bridgehead atoms. The molecule has 1 saturated heterocycles. The fraction of sp³-hybridized carbons (Fsp3) is 0.364. The second-order valence-corrected chi connectivity index (χ2v) is 9.93. The first kappa shape index (κ1) is 26.3. The van der Waals surface area contributed by atoms with Gasteiger partial charge in [0.15, 0.2) is 11.7 Å². The van der Waals surface area contributed by atoms with Gasteiger partial charge in [-0.3, -0.25) is 14.6 Å². The minimum Gasteiger partial charge on any atom is -0.482 e. The Morgan fingerprint density at radius 2 is 2.03 bits per heavy atom. The van der Waals surface area contributed by atoms with Crippen molar-refractivity contribution < 1.29 is 14.3 Å². The Morgan fingerprint density at radius 1 is 1.24 bits per heavy atom. The molecule has 3 aromatic rings. The summed E-state index contributed by atoms with van der Waals surface area (Å²) < 4.78 is 12.2. The van der Waals surface area contributed by atoms with E-state index < -0.39 is 0 Å². The zero-order valence-electron chi connectivity index (χ0n) is 18.0. The number of ether oxygens (including phenoxy) is 2. The van der Waals surface area contributed by atoms with Crippen LogP contribution in [0.15, 0.2) is 41.3 Å². The van der Waals surface area contributed by atoms with Crippen molar-refractivity contribution in [3.05, 3.63) is 46.4 Å². The summed E-state index contributed by atoms with van der Waals surface area (Å²) in [5, 5.41) is 1.55. The lowest BCUT2D eigenvalue weighted by Crippen LogP contribution is -2.44. The lowest BCUT2D eigenvalue weighted by Gasteiger charge is -2.29. The fourth-order valence-corrected chi connectivity index (χ4v) is 5.36. The smallest absolute Gasteiger partial charge is 0.266 e. The molecule has 0 aliphatic carbocycles. The van der Waals surface area contributed by atoms with Gasteiger partial charge in [-0.1, -0.05) is 34.5 Å². The van der Waals surface area contributed by atoms with Crippen LogP contribution in [0.1, 0.15) is 0 Å². The van der Waals surface area contributed by atoms with Crippen LogP contribution in [0, 0.1) is 0 Å². The van der Waals surface area contributed by atoms with Crippen molar-refractivity contribution in [3.8, 4) is 5.75 Å².